The zero-order chi connectivity index (χ0) is 13.6. The van der Waals surface area contributed by atoms with E-state index in [-0.39, 0.29) is 5.03 Å². The normalized spacial score (nSPS) is 15.7. The van der Waals surface area contributed by atoms with Crippen LogP contribution in [0, 0.1) is 6.92 Å². The van der Waals surface area contributed by atoms with Crippen LogP contribution >= 0.6 is 11.5 Å². The minimum atomic E-state index is -3.60. The Hall–Kier alpha value is -1.41. The average molecular weight is 298 g/mol. The molecule has 0 aromatic carbocycles. The van der Waals surface area contributed by atoms with Crippen LogP contribution in [0.15, 0.2) is 16.5 Å². The molecule has 2 aromatic heterocycles. The topological polar surface area (TPSA) is 76.9 Å². The maximum absolute atomic E-state index is 12.3. The van der Waals surface area contributed by atoms with Crippen molar-refractivity contribution in [2.75, 3.05) is 4.72 Å². The molecule has 6 nitrogen and oxygen atoms in total. The van der Waals surface area contributed by atoms with Crippen LogP contribution in [0.2, 0.25) is 0 Å². The number of nitrogens with zero attached hydrogens (tertiary/aromatic N) is 3. The zero-order valence-electron chi connectivity index (χ0n) is 10.6. The molecule has 0 bridgehead atoms. The third-order valence-electron chi connectivity index (χ3n) is 3.12. The quantitative estimate of drug-likeness (QED) is 0.934. The Morgan fingerprint density at radius 1 is 1.47 bits per heavy atom. The van der Waals surface area contributed by atoms with Crippen LogP contribution in [0.5, 0.6) is 0 Å². The van der Waals surface area contributed by atoms with E-state index in [0.717, 1.165) is 18.5 Å². The van der Waals surface area contributed by atoms with Gasteiger partial charge in [0.1, 0.15) is 0 Å². The van der Waals surface area contributed by atoms with Crippen molar-refractivity contribution in [2.45, 2.75) is 30.7 Å². The Labute approximate surface area is 115 Å². The Balaban J connectivity index is 1.93. The highest BCUT2D eigenvalue weighted by Crippen LogP contribution is 2.39. The van der Waals surface area contributed by atoms with E-state index in [9.17, 15) is 8.42 Å². The Bertz CT molecular complexity index is 713. The molecule has 2 heterocycles. The number of sulfonamides is 1. The van der Waals surface area contributed by atoms with Gasteiger partial charge in [-0.15, -0.1) is 0 Å². The first-order chi connectivity index (χ1) is 8.97. The predicted octanol–water partition coefficient (Wildman–Crippen LogP) is 1.86. The summed E-state index contributed by atoms with van der Waals surface area (Å²) in [6.45, 7) is 1.77. The van der Waals surface area contributed by atoms with E-state index in [1.54, 1.807) is 25.4 Å². The first-order valence-electron chi connectivity index (χ1n) is 5.95. The molecule has 2 aromatic rings. The summed E-state index contributed by atoms with van der Waals surface area (Å²) >= 11 is 1.23. The predicted molar refractivity (Wildman–Crippen MR) is 72.8 cm³/mol. The van der Waals surface area contributed by atoms with Gasteiger partial charge in [0.05, 0.1) is 17.1 Å². The first kappa shape index (κ1) is 12.6. The fraction of sp³-hybridized carbons (Fsp3) is 0.455. The van der Waals surface area contributed by atoms with E-state index in [1.165, 1.54) is 16.2 Å². The number of aromatic nitrogens is 3. The average Bonchev–Trinajstić information content (AvgIpc) is 3.00. The van der Waals surface area contributed by atoms with Crippen LogP contribution in [0.1, 0.15) is 30.1 Å². The van der Waals surface area contributed by atoms with Crippen LogP contribution in [-0.2, 0) is 17.1 Å². The van der Waals surface area contributed by atoms with Gasteiger partial charge < -0.3 is 0 Å². The van der Waals surface area contributed by atoms with Gasteiger partial charge >= 0.3 is 0 Å². The summed E-state index contributed by atoms with van der Waals surface area (Å²) in [5, 5.41) is 6.16. The van der Waals surface area contributed by atoms with E-state index in [2.05, 4.69) is 14.2 Å². The highest BCUT2D eigenvalue weighted by Gasteiger charge is 2.30. The molecular formula is C11H14N4O2S2. The summed E-state index contributed by atoms with van der Waals surface area (Å²) in [6.07, 6.45) is 2.19. The SMILES string of the molecule is Cc1nscc1NS(=O)(=O)c1cc(C2CC2)nn1C. The van der Waals surface area contributed by atoms with Gasteiger partial charge in [0.25, 0.3) is 10.0 Å². The Morgan fingerprint density at radius 2 is 2.21 bits per heavy atom. The van der Waals surface area contributed by atoms with Crippen molar-refractivity contribution in [1.29, 1.82) is 0 Å². The van der Waals surface area contributed by atoms with Crippen molar-refractivity contribution in [2.24, 2.45) is 7.05 Å². The largest absolute Gasteiger partial charge is 0.279 e. The van der Waals surface area contributed by atoms with Crippen LogP contribution in [-0.4, -0.2) is 22.6 Å². The van der Waals surface area contributed by atoms with E-state index < -0.39 is 10.0 Å². The third-order valence-corrected chi connectivity index (χ3v) is 5.26. The molecule has 0 radical (unpaired) electrons. The third kappa shape index (κ3) is 2.37. The van der Waals surface area contributed by atoms with Gasteiger partial charge in [-0.05, 0) is 31.3 Å². The molecule has 8 heteroatoms. The van der Waals surface area contributed by atoms with Crippen molar-refractivity contribution >= 4 is 27.2 Å². The van der Waals surface area contributed by atoms with E-state index in [1.807, 2.05) is 0 Å². The van der Waals surface area contributed by atoms with Crippen LogP contribution in [0.3, 0.4) is 0 Å². The molecule has 0 aliphatic heterocycles. The molecule has 1 fully saturated rings. The van der Waals surface area contributed by atoms with Crippen LogP contribution < -0.4 is 4.72 Å². The molecule has 1 aliphatic rings. The smallest absolute Gasteiger partial charge is 0.276 e. The lowest BCUT2D eigenvalue weighted by Gasteiger charge is -2.06. The Morgan fingerprint density at radius 3 is 2.79 bits per heavy atom. The van der Waals surface area contributed by atoms with Gasteiger partial charge in [-0.3, -0.25) is 9.40 Å². The summed E-state index contributed by atoms with van der Waals surface area (Å²) in [6, 6.07) is 1.66. The molecule has 0 spiro atoms. The highest BCUT2D eigenvalue weighted by atomic mass is 32.2. The van der Waals surface area contributed by atoms with Gasteiger partial charge in [-0.1, -0.05) is 0 Å². The summed E-state index contributed by atoms with van der Waals surface area (Å²) in [4.78, 5) is 0. The molecule has 1 N–H and O–H groups in total. The van der Waals surface area contributed by atoms with Crippen molar-refractivity contribution in [3.05, 3.63) is 22.8 Å². The monoisotopic (exact) mass is 298 g/mol. The van der Waals surface area contributed by atoms with Gasteiger partial charge in [-0.25, -0.2) is 0 Å². The van der Waals surface area contributed by atoms with E-state index in [4.69, 9.17) is 0 Å². The van der Waals surface area contributed by atoms with Crippen molar-refractivity contribution in [3.8, 4) is 0 Å². The van der Waals surface area contributed by atoms with Crippen molar-refractivity contribution in [1.82, 2.24) is 14.2 Å². The maximum atomic E-state index is 12.3. The highest BCUT2D eigenvalue weighted by molar-refractivity contribution is 7.92. The van der Waals surface area contributed by atoms with Crippen LogP contribution in [0.4, 0.5) is 5.69 Å². The summed E-state index contributed by atoms with van der Waals surface area (Å²) in [5.74, 6) is 0.430. The number of aryl methyl sites for hydroxylation is 2. The number of anilines is 1. The van der Waals surface area contributed by atoms with Gasteiger partial charge in [0.15, 0.2) is 5.03 Å². The molecule has 3 rings (SSSR count). The van der Waals surface area contributed by atoms with E-state index >= 15 is 0 Å². The van der Waals surface area contributed by atoms with Gasteiger partial charge in [0.2, 0.25) is 0 Å². The second kappa shape index (κ2) is 4.31. The van der Waals surface area contributed by atoms with E-state index in [0.29, 0.717) is 17.3 Å². The summed E-state index contributed by atoms with van der Waals surface area (Å²) in [5.41, 5.74) is 2.07. The second-order valence-electron chi connectivity index (χ2n) is 4.72. The van der Waals surface area contributed by atoms with Crippen molar-refractivity contribution in [3.63, 3.8) is 0 Å². The zero-order valence-corrected chi connectivity index (χ0v) is 12.3. The molecule has 1 saturated carbocycles. The molecule has 0 amide bonds. The minimum absolute atomic E-state index is 0.194. The van der Waals surface area contributed by atoms with Crippen molar-refractivity contribution < 1.29 is 8.42 Å². The summed E-state index contributed by atoms with van der Waals surface area (Å²) < 4.78 is 32.7. The Kier molecular flexibility index (Phi) is 2.86. The molecule has 0 atom stereocenters. The lowest BCUT2D eigenvalue weighted by molar-refractivity contribution is 0.581. The van der Waals surface area contributed by atoms with Gasteiger partial charge in [0, 0.05) is 24.4 Å². The maximum Gasteiger partial charge on any atom is 0.279 e. The number of rotatable bonds is 4. The lowest BCUT2D eigenvalue weighted by Crippen LogP contribution is -2.16. The molecule has 1 aliphatic carbocycles. The number of hydrogen-bond acceptors (Lipinski definition) is 5. The minimum Gasteiger partial charge on any atom is -0.276 e. The molecule has 102 valence electrons. The molecule has 0 saturated heterocycles. The lowest BCUT2D eigenvalue weighted by atomic mass is 10.3. The number of nitrogens with one attached hydrogen (secondary N) is 1. The molecule has 0 unspecified atom stereocenters. The van der Waals surface area contributed by atoms with Gasteiger partial charge in [-0.2, -0.15) is 17.9 Å². The number of hydrogen-bond donors (Lipinski definition) is 1. The molecule has 19 heavy (non-hydrogen) atoms. The fourth-order valence-corrected chi connectivity index (χ4v) is 3.87. The van der Waals surface area contributed by atoms with Crippen LogP contribution in [0.25, 0.3) is 0 Å². The second-order valence-corrected chi connectivity index (χ2v) is 6.98. The standard InChI is InChI=1S/C11H14N4O2S2/c1-7-10(6-18-13-7)14-19(16,17)11-5-9(8-3-4-8)12-15(11)2/h5-6,8,14H,3-4H2,1-2H3. The fourth-order valence-electron chi connectivity index (χ4n) is 1.89. The summed E-state index contributed by atoms with van der Waals surface area (Å²) in [7, 11) is -1.95. The molecular weight excluding hydrogens is 284 g/mol. The first-order valence-corrected chi connectivity index (χ1v) is 8.27.